The highest BCUT2D eigenvalue weighted by molar-refractivity contribution is 5.22. The van der Waals surface area contributed by atoms with E-state index in [0.29, 0.717) is 0 Å². The SMILES string of the molecule is OCc1ccc(CN2CCOC3(CCCCCC3)C2)cc1. The number of morpholine rings is 1. The van der Waals surface area contributed by atoms with Crippen molar-refractivity contribution in [1.82, 2.24) is 4.90 Å². The van der Waals surface area contributed by atoms with E-state index in [9.17, 15) is 0 Å². The van der Waals surface area contributed by atoms with Crippen molar-refractivity contribution < 1.29 is 9.84 Å². The molecule has 2 aliphatic rings. The summed E-state index contributed by atoms with van der Waals surface area (Å²) in [4.78, 5) is 2.54. The Balaban J connectivity index is 1.62. The zero-order valence-corrected chi connectivity index (χ0v) is 12.9. The van der Waals surface area contributed by atoms with Gasteiger partial charge in [-0.15, -0.1) is 0 Å². The molecule has 21 heavy (non-hydrogen) atoms. The molecule has 1 aromatic carbocycles. The van der Waals surface area contributed by atoms with Gasteiger partial charge in [0, 0.05) is 19.6 Å². The Morgan fingerprint density at radius 2 is 1.67 bits per heavy atom. The fourth-order valence-corrected chi connectivity index (χ4v) is 3.74. The van der Waals surface area contributed by atoms with Crippen molar-refractivity contribution in [3.05, 3.63) is 35.4 Å². The highest BCUT2D eigenvalue weighted by Crippen LogP contribution is 2.33. The van der Waals surface area contributed by atoms with Gasteiger partial charge in [0.05, 0.1) is 18.8 Å². The lowest BCUT2D eigenvalue weighted by Crippen LogP contribution is -2.51. The van der Waals surface area contributed by atoms with Crippen LogP contribution >= 0.6 is 0 Å². The third kappa shape index (κ3) is 3.85. The van der Waals surface area contributed by atoms with E-state index >= 15 is 0 Å². The molecule has 0 aromatic heterocycles. The van der Waals surface area contributed by atoms with Gasteiger partial charge in [-0.1, -0.05) is 49.9 Å². The second kappa shape index (κ2) is 6.91. The van der Waals surface area contributed by atoms with E-state index < -0.39 is 0 Å². The first-order valence-electron chi connectivity index (χ1n) is 8.35. The molecule has 0 radical (unpaired) electrons. The van der Waals surface area contributed by atoms with Crippen LogP contribution in [-0.2, 0) is 17.9 Å². The molecule has 1 aliphatic carbocycles. The molecule has 1 aliphatic heterocycles. The highest BCUT2D eigenvalue weighted by Gasteiger charge is 2.36. The topological polar surface area (TPSA) is 32.7 Å². The Morgan fingerprint density at radius 3 is 2.33 bits per heavy atom. The standard InChI is InChI=1S/C18H27NO2/c20-14-17-7-5-16(6-8-17)13-19-11-12-21-18(15-19)9-3-1-2-4-10-18/h5-8,20H,1-4,9-15H2. The van der Waals surface area contributed by atoms with E-state index in [2.05, 4.69) is 17.0 Å². The quantitative estimate of drug-likeness (QED) is 0.928. The van der Waals surface area contributed by atoms with E-state index in [-0.39, 0.29) is 12.2 Å². The predicted octanol–water partition coefficient (Wildman–Crippen LogP) is 3.10. The van der Waals surface area contributed by atoms with Gasteiger partial charge < -0.3 is 9.84 Å². The molecule has 2 fully saturated rings. The van der Waals surface area contributed by atoms with Gasteiger partial charge in [0.25, 0.3) is 0 Å². The van der Waals surface area contributed by atoms with Crippen molar-refractivity contribution in [2.45, 2.75) is 57.3 Å². The first kappa shape index (κ1) is 15.0. The molecule has 3 heteroatoms. The lowest BCUT2D eigenvalue weighted by molar-refractivity contribution is -0.119. The van der Waals surface area contributed by atoms with Crippen LogP contribution in [0.5, 0.6) is 0 Å². The molecular formula is C18H27NO2. The van der Waals surface area contributed by atoms with Gasteiger partial charge in [0.1, 0.15) is 0 Å². The number of aliphatic hydroxyl groups is 1. The zero-order valence-electron chi connectivity index (χ0n) is 12.9. The van der Waals surface area contributed by atoms with E-state index in [1.165, 1.54) is 44.1 Å². The highest BCUT2D eigenvalue weighted by atomic mass is 16.5. The summed E-state index contributed by atoms with van der Waals surface area (Å²) >= 11 is 0. The second-order valence-corrected chi connectivity index (χ2v) is 6.63. The molecule has 0 atom stereocenters. The monoisotopic (exact) mass is 289 g/mol. The van der Waals surface area contributed by atoms with Crippen LogP contribution in [0.1, 0.15) is 49.7 Å². The van der Waals surface area contributed by atoms with Gasteiger partial charge in [0.15, 0.2) is 0 Å². The first-order valence-corrected chi connectivity index (χ1v) is 8.35. The van der Waals surface area contributed by atoms with Crippen molar-refractivity contribution in [2.24, 2.45) is 0 Å². The minimum Gasteiger partial charge on any atom is -0.392 e. The number of ether oxygens (including phenoxy) is 1. The summed E-state index contributed by atoms with van der Waals surface area (Å²) in [6.45, 7) is 4.10. The van der Waals surface area contributed by atoms with Gasteiger partial charge in [0.2, 0.25) is 0 Å². The fraction of sp³-hybridized carbons (Fsp3) is 0.667. The lowest BCUT2D eigenvalue weighted by atomic mass is 9.92. The molecule has 0 unspecified atom stereocenters. The summed E-state index contributed by atoms with van der Waals surface area (Å²) in [6.07, 6.45) is 7.83. The van der Waals surface area contributed by atoms with Gasteiger partial charge >= 0.3 is 0 Å². The van der Waals surface area contributed by atoms with E-state index in [4.69, 9.17) is 9.84 Å². The molecular weight excluding hydrogens is 262 g/mol. The minimum atomic E-state index is 0.125. The van der Waals surface area contributed by atoms with Crippen molar-refractivity contribution in [2.75, 3.05) is 19.7 Å². The van der Waals surface area contributed by atoms with Crippen LogP contribution in [0.2, 0.25) is 0 Å². The molecule has 116 valence electrons. The van der Waals surface area contributed by atoms with Crippen molar-refractivity contribution in [3.8, 4) is 0 Å². The summed E-state index contributed by atoms with van der Waals surface area (Å²) in [5.41, 5.74) is 2.44. The number of aliphatic hydroxyl groups excluding tert-OH is 1. The number of rotatable bonds is 3. The largest absolute Gasteiger partial charge is 0.392 e. The number of benzene rings is 1. The molecule has 1 saturated carbocycles. The van der Waals surface area contributed by atoms with Crippen LogP contribution in [0.4, 0.5) is 0 Å². The van der Waals surface area contributed by atoms with Crippen LogP contribution in [0, 0.1) is 0 Å². The molecule has 1 N–H and O–H groups in total. The van der Waals surface area contributed by atoms with Crippen LogP contribution in [0.15, 0.2) is 24.3 Å². The lowest BCUT2D eigenvalue weighted by Gasteiger charge is -2.42. The van der Waals surface area contributed by atoms with Crippen molar-refractivity contribution >= 4 is 0 Å². The van der Waals surface area contributed by atoms with Gasteiger partial charge in [-0.2, -0.15) is 0 Å². The third-order valence-corrected chi connectivity index (χ3v) is 4.95. The average Bonchev–Trinajstić information content (AvgIpc) is 2.74. The first-order chi connectivity index (χ1) is 10.3. The van der Waals surface area contributed by atoms with Gasteiger partial charge in [-0.05, 0) is 24.0 Å². The summed E-state index contributed by atoms with van der Waals surface area (Å²) in [7, 11) is 0. The molecule has 3 rings (SSSR count). The molecule has 0 amide bonds. The average molecular weight is 289 g/mol. The Kier molecular flexibility index (Phi) is 4.94. The molecule has 0 bridgehead atoms. The van der Waals surface area contributed by atoms with E-state index in [1.54, 1.807) is 0 Å². The maximum atomic E-state index is 9.12. The van der Waals surface area contributed by atoms with Crippen LogP contribution in [0.25, 0.3) is 0 Å². The Hall–Kier alpha value is -0.900. The second-order valence-electron chi connectivity index (χ2n) is 6.63. The summed E-state index contributed by atoms with van der Waals surface area (Å²) < 4.78 is 6.22. The Morgan fingerprint density at radius 1 is 1.00 bits per heavy atom. The summed E-state index contributed by atoms with van der Waals surface area (Å²) in [5.74, 6) is 0. The van der Waals surface area contributed by atoms with Gasteiger partial charge in [-0.25, -0.2) is 0 Å². The normalized spacial score (nSPS) is 23.1. The Labute approximate surface area is 127 Å². The third-order valence-electron chi connectivity index (χ3n) is 4.95. The van der Waals surface area contributed by atoms with E-state index in [1.807, 2.05) is 12.1 Å². The fourth-order valence-electron chi connectivity index (χ4n) is 3.74. The van der Waals surface area contributed by atoms with Crippen LogP contribution in [0.3, 0.4) is 0 Å². The summed E-state index contributed by atoms with van der Waals surface area (Å²) in [6, 6.07) is 8.33. The maximum absolute atomic E-state index is 9.12. The van der Waals surface area contributed by atoms with Gasteiger partial charge in [-0.3, -0.25) is 4.90 Å². The summed E-state index contributed by atoms with van der Waals surface area (Å²) in [5, 5.41) is 9.12. The molecule has 1 spiro atoms. The predicted molar refractivity (Wildman–Crippen MR) is 84.0 cm³/mol. The Bertz CT molecular complexity index is 435. The van der Waals surface area contributed by atoms with Crippen molar-refractivity contribution in [1.29, 1.82) is 0 Å². The smallest absolute Gasteiger partial charge is 0.0809 e. The number of nitrogens with zero attached hydrogens (tertiary/aromatic N) is 1. The van der Waals surface area contributed by atoms with Crippen molar-refractivity contribution in [3.63, 3.8) is 0 Å². The molecule has 1 aromatic rings. The zero-order chi connectivity index (χ0) is 14.5. The van der Waals surface area contributed by atoms with E-state index in [0.717, 1.165) is 31.8 Å². The minimum absolute atomic E-state index is 0.125. The van der Waals surface area contributed by atoms with Crippen LogP contribution in [-0.4, -0.2) is 35.3 Å². The molecule has 1 saturated heterocycles. The number of hydrogen-bond donors (Lipinski definition) is 1. The van der Waals surface area contributed by atoms with Crippen LogP contribution < -0.4 is 0 Å². The molecule has 3 nitrogen and oxygen atoms in total. The maximum Gasteiger partial charge on any atom is 0.0809 e. The molecule has 1 heterocycles. The number of hydrogen-bond acceptors (Lipinski definition) is 3.